The summed E-state index contributed by atoms with van der Waals surface area (Å²) in [6, 6.07) is 16.0. The quantitative estimate of drug-likeness (QED) is 0.625. The number of para-hydroxylation sites is 1. The van der Waals surface area contributed by atoms with Gasteiger partial charge >= 0.3 is 0 Å². The smallest absolute Gasteiger partial charge is 0.0713 e. The van der Waals surface area contributed by atoms with Crippen LogP contribution in [0.25, 0.3) is 21.8 Å². The number of aromatic nitrogens is 1. The molecule has 0 aliphatic rings. The highest BCUT2D eigenvalue weighted by atomic mass is 16.3. The van der Waals surface area contributed by atoms with Gasteiger partial charge in [-0.3, -0.25) is 0 Å². The van der Waals surface area contributed by atoms with E-state index in [-0.39, 0.29) is 6.61 Å². The van der Waals surface area contributed by atoms with E-state index in [1.807, 2.05) is 36.4 Å². The third kappa shape index (κ3) is 1.44. The molecule has 1 N–H and O–H groups in total. The Hall–Kier alpha value is -1.93. The first kappa shape index (κ1) is 9.31. The van der Waals surface area contributed by atoms with Crippen molar-refractivity contribution in [2.45, 2.75) is 6.61 Å². The molecule has 0 saturated heterocycles. The molecule has 0 spiro atoms. The molecule has 0 atom stereocenters. The fourth-order valence-corrected chi connectivity index (χ4v) is 1.92. The zero-order valence-corrected chi connectivity index (χ0v) is 8.72. The number of nitrogens with zero attached hydrogens (tertiary/aromatic N) is 1. The molecular weight excluding hydrogens is 198 g/mol. The zero-order chi connectivity index (χ0) is 11.0. The van der Waals surface area contributed by atoms with Crippen LogP contribution in [0.2, 0.25) is 0 Å². The summed E-state index contributed by atoms with van der Waals surface area (Å²) < 4.78 is 0. The fraction of sp³-hybridized carbons (Fsp3) is 0.0714. The molecule has 78 valence electrons. The average Bonchev–Trinajstić information content (AvgIpc) is 2.35. The molecule has 2 heteroatoms. The van der Waals surface area contributed by atoms with Crippen molar-refractivity contribution < 1.29 is 5.11 Å². The maximum Gasteiger partial charge on any atom is 0.0713 e. The molecule has 0 aliphatic heterocycles. The van der Waals surface area contributed by atoms with Gasteiger partial charge in [-0.1, -0.05) is 30.3 Å². The molecule has 0 amide bonds. The molecule has 0 unspecified atom stereocenters. The van der Waals surface area contributed by atoms with Crippen LogP contribution >= 0.6 is 0 Å². The molecule has 2 nitrogen and oxygen atoms in total. The van der Waals surface area contributed by atoms with Gasteiger partial charge in [0, 0.05) is 10.8 Å². The first-order valence-corrected chi connectivity index (χ1v) is 5.26. The van der Waals surface area contributed by atoms with Crippen molar-refractivity contribution in [3.8, 4) is 0 Å². The molecular formula is C14H11NO. The van der Waals surface area contributed by atoms with Crippen LogP contribution in [0, 0.1) is 0 Å². The standard InChI is InChI=1S/C14H11NO/c16-9-10-5-6-12-8-11-3-1-2-4-13(11)15-14(12)7-10/h1-8,16H,9H2. The lowest BCUT2D eigenvalue weighted by molar-refractivity contribution is 0.282. The first-order chi connectivity index (χ1) is 7.86. The summed E-state index contributed by atoms with van der Waals surface area (Å²) in [5.41, 5.74) is 2.82. The van der Waals surface area contributed by atoms with E-state index < -0.39 is 0 Å². The molecule has 16 heavy (non-hydrogen) atoms. The highest BCUT2D eigenvalue weighted by molar-refractivity contribution is 5.92. The van der Waals surface area contributed by atoms with E-state index in [1.54, 1.807) is 0 Å². The van der Waals surface area contributed by atoms with Crippen LogP contribution in [-0.2, 0) is 6.61 Å². The minimum atomic E-state index is 0.0600. The summed E-state index contributed by atoms with van der Waals surface area (Å²) in [4.78, 5) is 4.58. The van der Waals surface area contributed by atoms with Crippen LogP contribution in [0.15, 0.2) is 48.5 Å². The lowest BCUT2D eigenvalue weighted by Crippen LogP contribution is -1.86. The van der Waals surface area contributed by atoms with Crippen molar-refractivity contribution in [3.63, 3.8) is 0 Å². The van der Waals surface area contributed by atoms with Gasteiger partial charge in [-0.2, -0.15) is 0 Å². The summed E-state index contributed by atoms with van der Waals surface area (Å²) >= 11 is 0. The zero-order valence-electron chi connectivity index (χ0n) is 8.72. The van der Waals surface area contributed by atoms with Gasteiger partial charge in [0.1, 0.15) is 0 Å². The van der Waals surface area contributed by atoms with E-state index >= 15 is 0 Å². The van der Waals surface area contributed by atoms with Crippen LogP contribution < -0.4 is 0 Å². The number of benzene rings is 2. The lowest BCUT2D eigenvalue weighted by Gasteiger charge is -2.03. The molecule has 3 rings (SSSR count). The molecule has 0 bridgehead atoms. The summed E-state index contributed by atoms with van der Waals surface area (Å²) in [5, 5.41) is 11.3. The van der Waals surface area contributed by atoms with E-state index in [1.165, 1.54) is 0 Å². The average molecular weight is 209 g/mol. The Kier molecular flexibility index (Phi) is 2.08. The van der Waals surface area contributed by atoms with E-state index in [9.17, 15) is 0 Å². The van der Waals surface area contributed by atoms with Gasteiger partial charge in [0.2, 0.25) is 0 Å². The predicted octanol–water partition coefficient (Wildman–Crippen LogP) is 2.88. The fourth-order valence-electron chi connectivity index (χ4n) is 1.92. The van der Waals surface area contributed by atoms with E-state index in [4.69, 9.17) is 5.11 Å². The molecule has 1 heterocycles. The van der Waals surface area contributed by atoms with E-state index in [0.717, 1.165) is 27.4 Å². The van der Waals surface area contributed by atoms with Gasteiger partial charge in [0.15, 0.2) is 0 Å². The highest BCUT2D eigenvalue weighted by Gasteiger charge is 2.00. The Morgan fingerprint density at radius 3 is 2.56 bits per heavy atom. The SMILES string of the molecule is OCc1ccc2cc3ccccc3nc2c1. The van der Waals surface area contributed by atoms with Crippen molar-refractivity contribution >= 4 is 21.8 Å². The van der Waals surface area contributed by atoms with E-state index in [2.05, 4.69) is 17.1 Å². The number of hydrogen-bond acceptors (Lipinski definition) is 2. The molecule has 0 saturated carbocycles. The predicted molar refractivity (Wildman–Crippen MR) is 65.2 cm³/mol. The number of pyridine rings is 1. The van der Waals surface area contributed by atoms with Crippen LogP contribution in [0.4, 0.5) is 0 Å². The van der Waals surface area contributed by atoms with Crippen LogP contribution in [0.1, 0.15) is 5.56 Å². The van der Waals surface area contributed by atoms with Gasteiger partial charge in [0.05, 0.1) is 17.6 Å². The topological polar surface area (TPSA) is 33.1 Å². The Bertz CT molecular complexity index is 661. The molecule has 1 aromatic heterocycles. The molecule has 0 aliphatic carbocycles. The van der Waals surface area contributed by atoms with Crippen molar-refractivity contribution in [1.29, 1.82) is 0 Å². The van der Waals surface area contributed by atoms with Crippen LogP contribution in [0.5, 0.6) is 0 Å². The highest BCUT2D eigenvalue weighted by Crippen LogP contribution is 2.20. The summed E-state index contributed by atoms with van der Waals surface area (Å²) in [7, 11) is 0. The third-order valence-electron chi connectivity index (χ3n) is 2.77. The Morgan fingerprint density at radius 2 is 1.69 bits per heavy atom. The van der Waals surface area contributed by atoms with Gasteiger partial charge in [-0.25, -0.2) is 4.98 Å². The van der Waals surface area contributed by atoms with Crippen molar-refractivity contribution in [2.24, 2.45) is 0 Å². The largest absolute Gasteiger partial charge is 0.392 e. The molecule has 3 aromatic rings. The second kappa shape index (κ2) is 3.58. The van der Waals surface area contributed by atoms with Crippen molar-refractivity contribution in [2.75, 3.05) is 0 Å². The molecule has 0 fully saturated rings. The number of aliphatic hydroxyl groups excluding tert-OH is 1. The second-order valence-electron chi connectivity index (χ2n) is 3.87. The van der Waals surface area contributed by atoms with E-state index in [0.29, 0.717) is 0 Å². The second-order valence-corrected chi connectivity index (χ2v) is 3.87. The number of aliphatic hydroxyl groups is 1. The monoisotopic (exact) mass is 209 g/mol. The third-order valence-corrected chi connectivity index (χ3v) is 2.77. The van der Waals surface area contributed by atoms with Gasteiger partial charge < -0.3 is 5.11 Å². The molecule has 2 aromatic carbocycles. The van der Waals surface area contributed by atoms with Gasteiger partial charge in [0.25, 0.3) is 0 Å². The minimum absolute atomic E-state index is 0.0600. The Labute approximate surface area is 93.2 Å². The minimum Gasteiger partial charge on any atom is -0.392 e. The number of fused-ring (bicyclic) bond motifs is 2. The Morgan fingerprint density at radius 1 is 0.875 bits per heavy atom. The van der Waals surface area contributed by atoms with Gasteiger partial charge in [-0.05, 0) is 23.8 Å². The lowest BCUT2D eigenvalue weighted by atomic mass is 10.1. The van der Waals surface area contributed by atoms with Gasteiger partial charge in [-0.15, -0.1) is 0 Å². The Balaban J connectivity index is 2.37. The van der Waals surface area contributed by atoms with Crippen LogP contribution in [0.3, 0.4) is 0 Å². The van der Waals surface area contributed by atoms with Crippen molar-refractivity contribution in [1.82, 2.24) is 4.98 Å². The maximum absolute atomic E-state index is 9.08. The maximum atomic E-state index is 9.08. The normalized spacial score (nSPS) is 11.1. The summed E-state index contributed by atoms with van der Waals surface area (Å²) in [5.74, 6) is 0. The summed E-state index contributed by atoms with van der Waals surface area (Å²) in [6.07, 6.45) is 0. The number of rotatable bonds is 1. The molecule has 0 radical (unpaired) electrons. The number of hydrogen-bond donors (Lipinski definition) is 1. The van der Waals surface area contributed by atoms with Crippen molar-refractivity contribution in [3.05, 3.63) is 54.1 Å². The first-order valence-electron chi connectivity index (χ1n) is 5.26. The summed E-state index contributed by atoms with van der Waals surface area (Å²) in [6.45, 7) is 0.0600. The van der Waals surface area contributed by atoms with Crippen LogP contribution in [-0.4, -0.2) is 10.1 Å².